The maximum Gasteiger partial charge on any atom is 0.573 e. The molecule has 1 aromatic carbocycles. The number of hydrogen-bond donors (Lipinski definition) is 1. The minimum Gasteiger partial charge on any atom is -0.461 e. The van der Waals surface area contributed by atoms with E-state index in [1.807, 2.05) is 0 Å². The van der Waals surface area contributed by atoms with E-state index >= 15 is 0 Å². The van der Waals surface area contributed by atoms with Gasteiger partial charge in [-0.2, -0.15) is 0 Å². The molecule has 0 amide bonds. The SMILES string of the molecule is CCOC(=O)c1cnc(Cc2cc(Cl)cc(OC(F)(F)F)c2)[nH]1. The first-order valence-electron chi connectivity index (χ1n) is 6.53. The Bertz CT molecular complexity index is 701. The highest BCUT2D eigenvalue weighted by Gasteiger charge is 2.31. The Morgan fingerprint density at radius 1 is 1.35 bits per heavy atom. The first-order chi connectivity index (χ1) is 10.8. The van der Waals surface area contributed by atoms with Gasteiger partial charge < -0.3 is 14.5 Å². The molecule has 0 unspecified atom stereocenters. The number of carbonyl (C=O) groups is 1. The van der Waals surface area contributed by atoms with E-state index in [4.69, 9.17) is 16.3 Å². The van der Waals surface area contributed by atoms with Gasteiger partial charge in [-0.15, -0.1) is 13.2 Å². The van der Waals surface area contributed by atoms with Crippen molar-refractivity contribution in [3.8, 4) is 5.75 Å². The van der Waals surface area contributed by atoms with Gasteiger partial charge in [0.2, 0.25) is 0 Å². The highest BCUT2D eigenvalue weighted by Crippen LogP contribution is 2.27. The van der Waals surface area contributed by atoms with Crippen LogP contribution in [0.2, 0.25) is 5.02 Å². The third kappa shape index (κ3) is 5.17. The molecule has 0 aliphatic rings. The average Bonchev–Trinajstić information content (AvgIpc) is 2.84. The van der Waals surface area contributed by atoms with E-state index in [0.717, 1.165) is 6.07 Å². The molecule has 1 heterocycles. The molecule has 0 spiro atoms. The molecule has 23 heavy (non-hydrogen) atoms. The number of nitrogens with one attached hydrogen (secondary N) is 1. The molecule has 124 valence electrons. The molecule has 2 rings (SSSR count). The minimum atomic E-state index is -4.80. The number of benzene rings is 1. The summed E-state index contributed by atoms with van der Waals surface area (Å²) in [5, 5.41) is 0.0962. The van der Waals surface area contributed by atoms with Gasteiger partial charge in [0.15, 0.2) is 0 Å². The number of nitrogens with zero attached hydrogens (tertiary/aromatic N) is 1. The summed E-state index contributed by atoms with van der Waals surface area (Å²) in [4.78, 5) is 18.2. The normalized spacial score (nSPS) is 11.3. The highest BCUT2D eigenvalue weighted by molar-refractivity contribution is 6.30. The molecule has 1 aromatic heterocycles. The number of ether oxygens (including phenoxy) is 2. The first-order valence-corrected chi connectivity index (χ1v) is 6.91. The summed E-state index contributed by atoms with van der Waals surface area (Å²) in [5.41, 5.74) is 0.608. The van der Waals surface area contributed by atoms with Crippen LogP contribution in [0.4, 0.5) is 13.2 Å². The van der Waals surface area contributed by atoms with Gasteiger partial charge in [-0.1, -0.05) is 11.6 Å². The van der Waals surface area contributed by atoms with Crippen LogP contribution in [0.1, 0.15) is 28.8 Å². The molecule has 1 N–H and O–H groups in total. The number of esters is 1. The molecular formula is C14H12ClF3N2O3. The van der Waals surface area contributed by atoms with Crippen LogP contribution in [0.25, 0.3) is 0 Å². The molecule has 9 heteroatoms. The fourth-order valence-corrected chi connectivity index (χ4v) is 2.12. The Morgan fingerprint density at radius 3 is 2.74 bits per heavy atom. The van der Waals surface area contributed by atoms with Gasteiger partial charge in [-0.3, -0.25) is 0 Å². The molecule has 0 radical (unpaired) electrons. The Kier molecular flexibility index (Phi) is 5.15. The molecule has 2 aromatic rings. The van der Waals surface area contributed by atoms with Gasteiger partial charge in [-0.25, -0.2) is 9.78 Å². The molecular weight excluding hydrogens is 337 g/mol. The summed E-state index contributed by atoms with van der Waals surface area (Å²) in [6.07, 6.45) is -3.36. The van der Waals surface area contributed by atoms with Crippen molar-refractivity contribution in [1.29, 1.82) is 0 Å². The number of aromatic amines is 1. The van der Waals surface area contributed by atoms with E-state index in [1.165, 1.54) is 18.3 Å². The van der Waals surface area contributed by atoms with Crippen molar-refractivity contribution in [2.75, 3.05) is 6.61 Å². The number of halogens is 4. The maximum absolute atomic E-state index is 12.3. The van der Waals surface area contributed by atoms with Crippen molar-refractivity contribution in [2.24, 2.45) is 0 Å². The van der Waals surface area contributed by atoms with Crippen LogP contribution in [0, 0.1) is 0 Å². The highest BCUT2D eigenvalue weighted by atomic mass is 35.5. The van der Waals surface area contributed by atoms with E-state index in [9.17, 15) is 18.0 Å². The topological polar surface area (TPSA) is 64.2 Å². The van der Waals surface area contributed by atoms with Crippen LogP contribution in [0.3, 0.4) is 0 Å². The predicted octanol–water partition coefficient (Wildman–Crippen LogP) is 3.73. The quantitative estimate of drug-likeness (QED) is 0.836. The Morgan fingerprint density at radius 2 is 2.09 bits per heavy atom. The monoisotopic (exact) mass is 348 g/mol. The second-order valence-electron chi connectivity index (χ2n) is 4.48. The lowest BCUT2D eigenvalue weighted by molar-refractivity contribution is -0.274. The van der Waals surface area contributed by atoms with Gasteiger partial charge in [0, 0.05) is 11.4 Å². The van der Waals surface area contributed by atoms with Gasteiger partial charge >= 0.3 is 12.3 Å². The second-order valence-corrected chi connectivity index (χ2v) is 4.92. The lowest BCUT2D eigenvalue weighted by Crippen LogP contribution is -2.17. The lowest BCUT2D eigenvalue weighted by atomic mass is 10.1. The number of alkyl halides is 3. The zero-order valence-corrected chi connectivity index (χ0v) is 12.7. The second kappa shape index (κ2) is 6.91. The van der Waals surface area contributed by atoms with Crippen LogP contribution < -0.4 is 4.74 Å². The number of carbonyl (C=O) groups excluding carboxylic acids is 1. The summed E-state index contributed by atoms with van der Waals surface area (Å²) in [5.74, 6) is -0.594. The molecule has 0 bridgehead atoms. The van der Waals surface area contributed by atoms with E-state index in [-0.39, 0.29) is 23.7 Å². The smallest absolute Gasteiger partial charge is 0.461 e. The molecule has 0 saturated carbocycles. The van der Waals surface area contributed by atoms with Crippen LogP contribution in [0.5, 0.6) is 5.75 Å². The van der Waals surface area contributed by atoms with Crippen LogP contribution in [0.15, 0.2) is 24.4 Å². The van der Waals surface area contributed by atoms with E-state index < -0.39 is 18.1 Å². The van der Waals surface area contributed by atoms with Crippen molar-refractivity contribution in [2.45, 2.75) is 19.7 Å². The third-order valence-corrected chi connectivity index (χ3v) is 2.88. The largest absolute Gasteiger partial charge is 0.573 e. The van der Waals surface area contributed by atoms with Crippen LogP contribution in [-0.2, 0) is 11.2 Å². The van der Waals surface area contributed by atoms with E-state index in [1.54, 1.807) is 6.92 Å². The third-order valence-electron chi connectivity index (χ3n) is 2.66. The fraction of sp³-hybridized carbons (Fsp3) is 0.286. The minimum absolute atomic E-state index is 0.0962. The van der Waals surface area contributed by atoms with Crippen LogP contribution >= 0.6 is 11.6 Å². The summed E-state index contributed by atoms with van der Waals surface area (Å²) < 4.78 is 45.4. The van der Waals surface area contributed by atoms with Gasteiger partial charge in [0.05, 0.1) is 12.8 Å². The first kappa shape index (κ1) is 17.1. The van der Waals surface area contributed by atoms with Gasteiger partial charge in [0.1, 0.15) is 17.3 Å². The van der Waals surface area contributed by atoms with E-state index in [0.29, 0.717) is 11.4 Å². The van der Waals surface area contributed by atoms with Crippen LogP contribution in [-0.4, -0.2) is 28.9 Å². The van der Waals surface area contributed by atoms with Crippen molar-refractivity contribution >= 4 is 17.6 Å². The Hall–Kier alpha value is -2.22. The number of aromatic nitrogens is 2. The van der Waals surface area contributed by atoms with Gasteiger partial charge in [-0.05, 0) is 30.7 Å². The standard InChI is InChI=1S/C14H12ClF3N2O3/c1-2-22-13(21)11-7-19-12(20-11)5-8-3-9(15)6-10(4-8)23-14(16,17)18/h3-4,6-7H,2,5H2,1H3,(H,19,20). The lowest BCUT2D eigenvalue weighted by Gasteiger charge is -2.10. The van der Waals surface area contributed by atoms with Gasteiger partial charge in [0.25, 0.3) is 0 Å². The zero-order chi connectivity index (χ0) is 17.0. The van der Waals surface area contributed by atoms with Crippen molar-refractivity contribution in [3.05, 3.63) is 46.5 Å². The molecule has 5 nitrogen and oxygen atoms in total. The molecule has 0 fully saturated rings. The summed E-state index contributed by atoms with van der Waals surface area (Å²) >= 11 is 5.79. The summed E-state index contributed by atoms with van der Waals surface area (Å²) in [7, 11) is 0. The predicted molar refractivity (Wildman–Crippen MR) is 75.5 cm³/mol. The average molecular weight is 349 g/mol. The van der Waals surface area contributed by atoms with Crippen molar-refractivity contribution in [3.63, 3.8) is 0 Å². The van der Waals surface area contributed by atoms with Crippen molar-refractivity contribution in [1.82, 2.24) is 9.97 Å². The van der Waals surface area contributed by atoms with Crippen molar-refractivity contribution < 1.29 is 27.4 Å². The Balaban J connectivity index is 2.15. The maximum atomic E-state index is 12.3. The molecule has 0 aliphatic heterocycles. The fourth-order valence-electron chi connectivity index (χ4n) is 1.87. The summed E-state index contributed by atoms with van der Waals surface area (Å²) in [6, 6.07) is 3.74. The molecule has 0 saturated heterocycles. The van der Waals surface area contributed by atoms with E-state index in [2.05, 4.69) is 14.7 Å². The number of hydrogen-bond acceptors (Lipinski definition) is 4. The number of H-pyrrole nitrogens is 1. The number of imidazole rings is 1. The zero-order valence-electron chi connectivity index (χ0n) is 11.9. The molecule has 0 aliphatic carbocycles. The molecule has 0 atom stereocenters. The Labute approximate surface area is 134 Å². The summed E-state index contributed by atoms with van der Waals surface area (Å²) in [6.45, 7) is 1.89. The number of rotatable bonds is 5.